The average Bonchev–Trinajstić information content (AvgIpc) is 2.90. The van der Waals surface area contributed by atoms with Crippen molar-refractivity contribution in [3.05, 3.63) is 71.0 Å². The van der Waals surface area contributed by atoms with E-state index in [0.717, 1.165) is 12.1 Å². The Morgan fingerprint density at radius 3 is 2.38 bits per heavy atom. The fourth-order valence-corrected chi connectivity index (χ4v) is 1.97. The Morgan fingerprint density at radius 1 is 0.905 bits per heavy atom. The molecule has 0 aliphatic heterocycles. The van der Waals surface area contributed by atoms with Crippen molar-refractivity contribution < 1.29 is 26.8 Å². The maximum absolute atomic E-state index is 13.6. The first kappa shape index (κ1) is 13.4. The van der Waals surface area contributed by atoms with Crippen LogP contribution in [0.25, 0.3) is 11.0 Å². The molecule has 0 amide bonds. The van der Waals surface area contributed by atoms with Gasteiger partial charge in [0.15, 0.2) is 34.6 Å². The highest BCUT2D eigenvalue weighted by atomic mass is 19.2. The van der Waals surface area contributed by atoms with E-state index in [1.165, 1.54) is 18.2 Å². The monoisotopic (exact) mass is 294 g/mol. The zero-order chi connectivity index (χ0) is 15.1. The van der Waals surface area contributed by atoms with Crippen LogP contribution in [0.15, 0.2) is 40.8 Å². The van der Waals surface area contributed by atoms with Gasteiger partial charge in [0.05, 0.1) is 5.56 Å². The molecule has 0 bridgehead atoms. The molecule has 0 saturated heterocycles. The van der Waals surface area contributed by atoms with Gasteiger partial charge in [-0.3, -0.25) is 4.79 Å². The molecule has 0 unspecified atom stereocenters. The molecule has 2 nitrogen and oxygen atoms in total. The molecule has 0 aliphatic rings. The molecule has 6 heteroatoms. The first-order valence-corrected chi connectivity index (χ1v) is 5.85. The van der Waals surface area contributed by atoms with E-state index in [-0.39, 0.29) is 11.3 Å². The zero-order valence-corrected chi connectivity index (χ0v) is 10.3. The number of benzene rings is 2. The minimum Gasteiger partial charge on any atom is -0.449 e. The van der Waals surface area contributed by atoms with E-state index in [0.29, 0.717) is 11.5 Å². The number of hydrogen-bond acceptors (Lipinski definition) is 2. The molecule has 3 rings (SSSR count). The number of fused-ring (bicyclic) bond motifs is 1. The summed E-state index contributed by atoms with van der Waals surface area (Å²) in [4.78, 5) is 12.1. The highest BCUT2D eigenvalue weighted by molar-refractivity contribution is 6.09. The van der Waals surface area contributed by atoms with Crippen molar-refractivity contribution in [2.75, 3.05) is 0 Å². The summed E-state index contributed by atoms with van der Waals surface area (Å²) in [6.07, 6.45) is 0. The van der Waals surface area contributed by atoms with Gasteiger partial charge in [-0.1, -0.05) is 12.1 Å². The van der Waals surface area contributed by atoms with Crippen molar-refractivity contribution in [2.45, 2.75) is 0 Å². The summed E-state index contributed by atoms with van der Waals surface area (Å²) in [7, 11) is 0. The van der Waals surface area contributed by atoms with Crippen LogP contribution in [0.3, 0.4) is 0 Å². The van der Waals surface area contributed by atoms with Crippen LogP contribution >= 0.6 is 0 Å². The Hall–Kier alpha value is -2.63. The third-order valence-electron chi connectivity index (χ3n) is 3.00. The average molecular weight is 294 g/mol. The van der Waals surface area contributed by atoms with E-state index < -0.39 is 34.6 Å². The Labute approximate surface area is 115 Å². The maximum Gasteiger partial charge on any atom is 0.231 e. The number of ketones is 1. The van der Waals surface area contributed by atoms with Gasteiger partial charge in [-0.2, -0.15) is 0 Å². The van der Waals surface area contributed by atoms with Gasteiger partial charge >= 0.3 is 0 Å². The van der Waals surface area contributed by atoms with E-state index in [1.54, 1.807) is 0 Å². The van der Waals surface area contributed by atoms with E-state index in [4.69, 9.17) is 4.42 Å². The molecule has 1 heterocycles. The van der Waals surface area contributed by atoms with Gasteiger partial charge in [0.25, 0.3) is 0 Å². The number of halogens is 4. The fourth-order valence-electron chi connectivity index (χ4n) is 1.97. The molecular formula is C15H6F4O2. The molecule has 0 aliphatic carbocycles. The lowest BCUT2D eigenvalue weighted by molar-refractivity contribution is 0.101. The smallest absolute Gasteiger partial charge is 0.231 e. The Kier molecular flexibility index (Phi) is 3.01. The Bertz CT molecular complexity index is 867. The number of hydrogen-bond donors (Lipinski definition) is 0. The number of furan rings is 1. The summed E-state index contributed by atoms with van der Waals surface area (Å²) < 4.78 is 58.1. The minimum absolute atomic E-state index is 0.163. The van der Waals surface area contributed by atoms with Crippen molar-refractivity contribution in [3.63, 3.8) is 0 Å². The van der Waals surface area contributed by atoms with E-state index >= 15 is 0 Å². The van der Waals surface area contributed by atoms with Crippen LogP contribution in [0.2, 0.25) is 0 Å². The van der Waals surface area contributed by atoms with Crippen LogP contribution in [0.5, 0.6) is 0 Å². The minimum atomic E-state index is -1.75. The van der Waals surface area contributed by atoms with Crippen LogP contribution in [-0.4, -0.2) is 5.78 Å². The van der Waals surface area contributed by atoms with E-state index in [1.807, 2.05) is 0 Å². The highest BCUT2D eigenvalue weighted by Crippen LogP contribution is 2.25. The van der Waals surface area contributed by atoms with Gasteiger partial charge in [-0.05, 0) is 24.3 Å². The summed E-state index contributed by atoms with van der Waals surface area (Å²) >= 11 is 0. The van der Waals surface area contributed by atoms with E-state index in [2.05, 4.69) is 0 Å². The fraction of sp³-hybridized carbons (Fsp3) is 0. The molecule has 0 radical (unpaired) electrons. The van der Waals surface area contributed by atoms with Crippen LogP contribution in [0.1, 0.15) is 16.1 Å². The molecule has 1 aromatic heterocycles. The molecule has 3 aromatic rings. The molecule has 0 fully saturated rings. The molecule has 0 saturated carbocycles. The molecule has 0 atom stereocenters. The normalized spacial score (nSPS) is 11.0. The Morgan fingerprint density at radius 2 is 1.67 bits per heavy atom. The largest absolute Gasteiger partial charge is 0.449 e. The zero-order valence-electron chi connectivity index (χ0n) is 10.3. The predicted octanol–water partition coefficient (Wildman–Crippen LogP) is 4.22. The van der Waals surface area contributed by atoms with Gasteiger partial charge in [-0.25, -0.2) is 17.6 Å². The van der Waals surface area contributed by atoms with Gasteiger partial charge in [0, 0.05) is 5.39 Å². The molecular weight excluding hydrogens is 288 g/mol. The third-order valence-corrected chi connectivity index (χ3v) is 3.00. The molecule has 2 aromatic carbocycles. The van der Waals surface area contributed by atoms with Gasteiger partial charge < -0.3 is 4.42 Å². The maximum atomic E-state index is 13.6. The number of rotatable bonds is 2. The molecule has 106 valence electrons. The highest BCUT2D eigenvalue weighted by Gasteiger charge is 2.23. The number of para-hydroxylation sites is 1. The van der Waals surface area contributed by atoms with Crippen molar-refractivity contribution in [3.8, 4) is 0 Å². The predicted molar refractivity (Wildman–Crippen MR) is 65.9 cm³/mol. The first-order chi connectivity index (χ1) is 9.99. The first-order valence-electron chi connectivity index (χ1n) is 5.85. The third kappa shape index (κ3) is 2.08. The second-order valence-corrected chi connectivity index (χ2v) is 4.32. The van der Waals surface area contributed by atoms with Crippen molar-refractivity contribution in [1.82, 2.24) is 0 Å². The van der Waals surface area contributed by atoms with Crippen molar-refractivity contribution in [1.29, 1.82) is 0 Å². The van der Waals surface area contributed by atoms with Crippen molar-refractivity contribution >= 4 is 16.8 Å². The van der Waals surface area contributed by atoms with Crippen LogP contribution in [-0.2, 0) is 0 Å². The van der Waals surface area contributed by atoms with E-state index in [9.17, 15) is 22.4 Å². The molecule has 0 N–H and O–H groups in total. The van der Waals surface area contributed by atoms with Gasteiger partial charge in [0.1, 0.15) is 0 Å². The van der Waals surface area contributed by atoms with Crippen LogP contribution in [0, 0.1) is 23.3 Å². The Balaban J connectivity index is 2.13. The van der Waals surface area contributed by atoms with Crippen LogP contribution in [0.4, 0.5) is 17.6 Å². The number of carbonyl (C=O) groups excluding carboxylic acids is 1. The lowest BCUT2D eigenvalue weighted by atomic mass is 10.1. The summed E-state index contributed by atoms with van der Waals surface area (Å²) in [6, 6.07) is 6.70. The lowest BCUT2D eigenvalue weighted by Crippen LogP contribution is -2.06. The quantitative estimate of drug-likeness (QED) is 0.402. The molecule has 21 heavy (non-hydrogen) atoms. The second kappa shape index (κ2) is 4.73. The summed E-state index contributed by atoms with van der Waals surface area (Å²) in [5.41, 5.74) is -0.850. The number of carbonyl (C=O) groups is 1. The van der Waals surface area contributed by atoms with Gasteiger partial charge in [0.2, 0.25) is 5.78 Å². The standard InChI is InChI=1S/C15H6F4O2/c16-9-5-4-8(12(18)13(9)19)14(20)11-6-7-2-1-3-10(17)15(7)21-11/h1-6H. The lowest BCUT2D eigenvalue weighted by Gasteiger charge is -2.01. The second-order valence-electron chi connectivity index (χ2n) is 4.32. The van der Waals surface area contributed by atoms with Crippen LogP contribution < -0.4 is 0 Å². The summed E-state index contributed by atoms with van der Waals surface area (Å²) in [5, 5.41) is 0.307. The summed E-state index contributed by atoms with van der Waals surface area (Å²) in [5.74, 6) is -6.80. The summed E-state index contributed by atoms with van der Waals surface area (Å²) in [6.45, 7) is 0. The van der Waals surface area contributed by atoms with Gasteiger partial charge in [-0.15, -0.1) is 0 Å². The SMILES string of the molecule is O=C(c1cc2cccc(F)c2o1)c1ccc(F)c(F)c1F. The topological polar surface area (TPSA) is 30.2 Å². The van der Waals surface area contributed by atoms with Crippen molar-refractivity contribution in [2.24, 2.45) is 0 Å². The molecule has 0 spiro atoms.